The van der Waals surface area contributed by atoms with Crippen molar-refractivity contribution >= 4 is 11.0 Å². The van der Waals surface area contributed by atoms with E-state index in [2.05, 4.69) is 23.6 Å². The quantitative estimate of drug-likeness (QED) is 0.210. The first-order valence-corrected chi connectivity index (χ1v) is 16.6. The number of aliphatic hydroxyl groups is 4. The molecule has 0 saturated carbocycles. The molecule has 0 amide bonds. The molecule has 0 aliphatic carbocycles. The summed E-state index contributed by atoms with van der Waals surface area (Å²) < 4.78 is 17.2. The number of piperidine rings is 2. The van der Waals surface area contributed by atoms with Gasteiger partial charge in [0, 0.05) is 13.1 Å². The zero-order valence-corrected chi connectivity index (χ0v) is 26.9. The van der Waals surface area contributed by atoms with E-state index in [1.165, 1.54) is 6.26 Å². The highest BCUT2D eigenvalue weighted by Crippen LogP contribution is 2.41. The number of fused-ring (bicyclic) bond motifs is 1. The van der Waals surface area contributed by atoms with Crippen LogP contribution in [-0.4, -0.2) is 104 Å². The maximum atomic E-state index is 14.1. The topological polar surface area (TPSA) is 177 Å². The first-order chi connectivity index (χ1) is 22.5. The van der Waals surface area contributed by atoms with Gasteiger partial charge < -0.3 is 44.5 Å². The number of nitrogens with zero attached hydrogens (tertiary/aromatic N) is 2. The molecule has 47 heavy (non-hydrogen) atoms. The van der Waals surface area contributed by atoms with Crippen LogP contribution in [0.2, 0.25) is 0 Å². The summed E-state index contributed by atoms with van der Waals surface area (Å²) in [6, 6.07) is 6.31. The Labute approximate surface area is 273 Å². The molecular formula is C35H46N2O10. The van der Waals surface area contributed by atoms with E-state index >= 15 is 0 Å². The third-order valence-corrected chi connectivity index (χ3v) is 10.1. The van der Waals surface area contributed by atoms with Gasteiger partial charge in [-0.25, -0.2) is 0 Å². The number of benzene rings is 2. The Morgan fingerprint density at radius 2 is 1.38 bits per heavy atom. The number of rotatable bonds is 8. The average molecular weight is 655 g/mol. The highest BCUT2D eigenvalue weighted by molar-refractivity contribution is 5.92. The molecule has 0 radical (unpaired) electrons. The molecule has 3 aliphatic rings. The fourth-order valence-electron chi connectivity index (χ4n) is 6.85. The van der Waals surface area contributed by atoms with E-state index in [4.69, 9.17) is 13.9 Å². The largest absolute Gasteiger partial charge is 0.507 e. The first-order valence-electron chi connectivity index (χ1n) is 16.6. The van der Waals surface area contributed by atoms with Gasteiger partial charge in [0.1, 0.15) is 58.9 Å². The predicted molar refractivity (Wildman–Crippen MR) is 173 cm³/mol. The maximum absolute atomic E-state index is 14.1. The summed E-state index contributed by atoms with van der Waals surface area (Å²) in [6.07, 6.45) is -1.64. The zero-order chi connectivity index (χ0) is 33.4. The Bertz CT molecular complexity index is 1590. The minimum Gasteiger partial charge on any atom is -0.507 e. The van der Waals surface area contributed by atoms with Crippen molar-refractivity contribution in [1.82, 2.24) is 9.80 Å². The second-order valence-corrected chi connectivity index (χ2v) is 13.6. The summed E-state index contributed by atoms with van der Waals surface area (Å²) in [5.74, 6) is 1.18. The smallest absolute Gasteiger partial charge is 0.229 e. The van der Waals surface area contributed by atoms with Gasteiger partial charge in [-0.1, -0.05) is 26.0 Å². The fraction of sp³-hybridized carbons (Fsp3) is 0.571. The van der Waals surface area contributed by atoms with Crippen LogP contribution < -0.4 is 10.2 Å². The Kier molecular flexibility index (Phi) is 10.1. The minimum absolute atomic E-state index is 0.0298. The summed E-state index contributed by atoms with van der Waals surface area (Å²) in [6.45, 7) is 7.99. The molecule has 3 aromatic rings. The van der Waals surface area contributed by atoms with Crippen LogP contribution in [0.3, 0.4) is 0 Å². The monoisotopic (exact) mass is 654 g/mol. The van der Waals surface area contributed by atoms with Gasteiger partial charge in [-0.05, 0) is 81.4 Å². The van der Waals surface area contributed by atoms with Crippen molar-refractivity contribution in [2.45, 2.75) is 83.3 Å². The van der Waals surface area contributed by atoms with E-state index in [9.17, 15) is 35.4 Å². The van der Waals surface area contributed by atoms with Crippen molar-refractivity contribution in [2.24, 2.45) is 11.8 Å². The number of likely N-dealkylation sites (tertiary alicyclic amines) is 2. The predicted octanol–water partition coefficient (Wildman–Crippen LogP) is 2.51. The highest BCUT2D eigenvalue weighted by Gasteiger charge is 2.44. The highest BCUT2D eigenvalue weighted by atomic mass is 16.7. The van der Waals surface area contributed by atoms with Gasteiger partial charge in [0.05, 0.1) is 23.3 Å². The molecular weight excluding hydrogens is 608 g/mol. The third kappa shape index (κ3) is 6.86. The lowest BCUT2D eigenvalue weighted by atomic mass is 9.95. The van der Waals surface area contributed by atoms with E-state index in [1.54, 1.807) is 24.3 Å². The van der Waals surface area contributed by atoms with Crippen LogP contribution in [0.4, 0.5) is 0 Å². The lowest BCUT2D eigenvalue weighted by molar-refractivity contribution is -0.277. The lowest BCUT2D eigenvalue weighted by Gasteiger charge is -2.39. The van der Waals surface area contributed by atoms with Crippen molar-refractivity contribution in [3.63, 3.8) is 0 Å². The zero-order valence-electron chi connectivity index (χ0n) is 26.9. The molecule has 3 fully saturated rings. The Balaban J connectivity index is 1.33. The van der Waals surface area contributed by atoms with Gasteiger partial charge >= 0.3 is 0 Å². The van der Waals surface area contributed by atoms with Crippen molar-refractivity contribution in [1.29, 1.82) is 0 Å². The summed E-state index contributed by atoms with van der Waals surface area (Å²) in [7, 11) is 0. The van der Waals surface area contributed by atoms with Crippen LogP contribution in [0.5, 0.6) is 17.2 Å². The third-order valence-electron chi connectivity index (χ3n) is 10.1. The first kappa shape index (κ1) is 33.7. The van der Waals surface area contributed by atoms with Crippen LogP contribution in [0.1, 0.15) is 50.7 Å². The van der Waals surface area contributed by atoms with Gasteiger partial charge in [-0.3, -0.25) is 14.6 Å². The summed E-state index contributed by atoms with van der Waals surface area (Å²) in [5.41, 5.74) is 1.25. The fourth-order valence-corrected chi connectivity index (χ4v) is 6.85. The molecule has 6 rings (SSSR count). The second kappa shape index (κ2) is 14.1. The number of hydrogen-bond acceptors (Lipinski definition) is 12. The Hall–Kier alpha value is -3.23. The summed E-state index contributed by atoms with van der Waals surface area (Å²) in [4.78, 5) is 18.6. The number of hydrogen-bond donors (Lipinski definition) is 6. The summed E-state index contributed by atoms with van der Waals surface area (Å²) >= 11 is 0. The minimum atomic E-state index is -1.58. The van der Waals surface area contributed by atoms with Gasteiger partial charge in [-0.2, -0.15) is 0 Å². The van der Waals surface area contributed by atoms with Crippen LogP contribution in [0.25, 0.3) is 22.1 Å². The van der Waals surface area contributed by atoms with Crippen molar-refractivity contribution in [3.05, 3.63) is 51.9 Å². The van der Waals surface area contributed by atoms with Crippen molar-refractivity contribution in [3.8, 4) is 28.4 Å². The van der Waals surface area contributed by atoms with Gasteiger partial charge in [0.15, 0.2) is 0 Å². The SMILES string of the molecule is CC1CCN(Cc2c(O)c(CN3CCC(C)CC3)c3occ(-c4ccc(O[C@H]5O[C@H](CO)[C@@H](O)[C@H](O)[C@H]5O)cc4)c(=O)c3c2O)CC1. The molecule has 0 unspecified atom stereocenters. The van der Waals surface area contributed by atoms with Crippen molar-refractivity contribution < 1.29 is 44.5 Å². The van der Waals surface area contributed by atoms with Crippen LogP contribution >= 0.6 is 0 Å². The summed E-state index contributed by atoms with van der Waals surface area (Å²) in [5, 5.41) is 63.1. The van der Waals surface area contributed by atoms with Gasteiger partial charge in [0.25, 0.3) is 0 Å². The molecule has 4 heterocycles. The van der Waals surface area contributed by atoms with Gasteiger partial charge in [0.2, 0.25) is 11.7 Å². The number of aliphatic hydroxyl groups excluding tert-OH is 4. The molecule has 3 aliphatic heterocycles. The molecule has 6 N–H and O–H groups in total. The molecule has 1 aromatic heterocycles. The number of aromatic hydroxyl groups is 2. The van der Waals surface area contributed by atoms with E-state index in [1.807, 2.05) is 0 Å². The van der Waals surface area contributed by atoms with E-state index in [-0.39, 0.29) is 33.8 Å². The normalized spacial score (nSPS) is 27.0. The molecule has 3 saturated heterocycles. The average Bonchev–Trinajstić information content (AvgIpc) is 3.07. The molecule has 2 aromatic carbocycles. The Morgan fingerprint density at radius 1 is 0.809 bits per heavy atom. The molecule has 0 bridgehead atoms. The maximum Gasteiger partial charge on any atom is 0.229 e. The lowest BCUT2D eigenvalue weighted by Crippen LogP contribution is -2.60. The molecule has 12 nitrogen and oxygen atoms in total. The molecule has 0 spiro atoms. The Morgan fingerprint density at radius 3 is 1.96 bits per heavy atom. The van der Waals surface area contributed by atoms with Gasteiger partial charge in [-0.15, -0.1) is 0 Å². The van der Waals surface area contributed by atoms with E-state index < -0.39 is 42.7 Å². The molecule has 256 valence electrons. The van der Waals surface area contributed by atoms with Crippen LogP contribution in [-0.2, 0) is 17.8 Å². The van der Waals surface area contributed by atoms with Crippen LogP contribution in [0.15, 0.2) is 39.7 Å². The number of phenols is 2. The van der Waals surface area contributed by atoms with Crippen LogP contribution in [0, 0.1) is 11.8 Å². The van der Waals surface area contributed by atoms with Crippen molar-refractivity contribution in [2.75, 3.05) is 32.8 Å². The van der Waals surface area contributed by atoms with E-state index in [0.29, 0.717) is 41.6 Å². The number of ether oxygens (including phenoxy) is 2. The second-order valence-electron chi connectivity index (χ2n) is 13.6. The standard InChI is InChI=1S/C35H46N2O10/c1-19-7-11-36(12-8-19)15-23-28(39)24(16-37-13-9-20(2)10-14-37)34-27(29(23)40)30(41)25(18-45-34)21-3-5-22(6-4-21)46-35-33(44)32(43)31(42)26(17-38)47-35/h3-6,18-20,26,31-33,35,38-40,42-44H,7-17H2,1-2H3/t26-,31-,32+,33-,35+/m1/s1. The van der Waals surface area contributed by atoms with E-state index in [0.717, 1.165) is 51.9 Å². The molecule has 5 atom stereocenters. The molecule has 12 heteroatoms. The number of phenolic OH excluding ortho intramolecular Hbond substituents is 2.